The first-order valence-corrected chi connectivity index (χ1v) is 8.79. The molecular formula is C18H22N2O5. The molecule has 7 heteroatoms. The number of aromatic carboxylic acids is 1. The van der Waals surface area contributed by atoms with E-state index in [0.717, 1.165) is 44.6 Å². The molecule has 3 rings (SSSR count). The van der Waals surface area contributed by atoms with Gasteiger partial charge < -0.3 is 10.0 Å². The van der Waals surface area contributed by atoms with Crippen LogP contribution in [0.25, 0.3) is 0 Å². The molecule has 2 saturated carbocycles. The van der Waals surface area contributed by atoms with Gasteiger partial charge in [-0.1, -0.05) is 19.3 Å². The molecule has 0 spiro atoms. The molecule has 2 aliphatic rings. The van der Waals surface area contributed by atoms with Crippen LogP contribution in [0.3, 0.4) is 0 Å². The number of nitrogens with zero attached hydrogens (tertiary/aromatic N) is 2. The van der Waals surface area contributed by atoms with Crippen LogP contribution in [0.1, 0.15) is 65.7 Å². The van der Waals surface area contributed by atoms with Crippen LogP contribution < -0.4 is 0 Å². The van der Waals surface area contributed by atoms with Crippen LogP contribution in [0.2, 0.25) is 0 Å². The van der Waals surface area contributed by atoms with Gasteiger partial charge >= 0.3 is 5.97 Å². The van der Waals surface area contributed by atoms with E-state index >= 15 is 0 Å². The molecule has 0 unspecified atom stereocenters. The third-order valence-corrected chi connectivity index (χ3v) is 5.05. The summed E-state index contributed by atoms with van der Waals surface area (Å²) in [5.74, 6) is -1.06. The molecule has 0 bridgehead atoms. The molecule has 0 saturated heterocycles. The highest BCUT2D eigenvalue weighted by molar-refractivity contribution is 5.98. The Labute approximate surface area is 145 Å². The molecule has 2 aliphatic carbocycles. The number of nitro groups is 1. The van der Waals surface area contributed by atoms with E-state index in [2.05, 4.69) is 0 Å². The summed E-state index contributed by atoms with van der Waals surface area (Å²) in [6.07, 6.45) is 7.42. The summed E-state index contributed by atoms with van der Waals surface area (Å²) in [6.45, 7) is 0.661. The fraction of sp³-hybridized carbons (Fsp3) is 0.556. The minimum Gasteiger partial charge on any atom is -0.478 e. The zero-order valence-corrected chi connectivity index (χ0v) is 14.0. The van der Waals surface area contributed by atoms with Crippen molar-refractivity contribution in [1.29, 1.82) is 0 Å². The number of hydrogen-bond acceptors (Lipinski definition) is 4. The van der Waals surface area contributed by atoms with Gasteiger partial charge in [-0.3, -0.25) is 14.9 Å². The fourth-order valence-electron chi connectivity index (χ4n) is 3.50. The van der Waals surface area contributed by atoms with Crippen molar-refractivity contribution in [3.8, 4) is 0 Å². The highest BCUT2D eigenvalue weighted by Crippen LogP contribution is 2.33. The average Bonchev–Trinajstić information content (AvgIpc) is 3.43. The van der Waals surface area contributed by atoms with Crippen molar-refractivity contribution in [1.82, 2.24) is 4.90 Å². The Balaban J connectivity index is 1.92. The van der Waals surface area contributed by atoms with Crippen molar-refractivity contribution in [2.24, 2.45) is 5.92 Å². The predicted molar refractivity (Wildman–Crippen MR) is 90.7 cm³/mol. The normalized spacial score (nSPS) is 17.9. The zero-order chi connectivity index (χ0) is 18.0. The van der Waals surface area contributed by atoms with E-state index in [4.69, 9.17) is 0 Å². The minimum absolute atomic E-state index is 0.0952. The number of hydrogen-bond donors (Lipinski definition) is 1. The second-order valence-corrected chi connectivity index (χ2v) is 7.02. The molecule has 0 aromatic heterocycles. The lowest BCUT2D eigenvalue weighted by atomic mass is 9.93. The lowest BCUT2D eigenvalue weighted by Gasteiger charge is -2.34. The van der Waals surface area contributed by atoms with Crippen molar-refractivity contribution in [2.45, 2.75) is 51.0 Å². The van der Waals surface area contributed by atoms with Crippen LogP contribution in [0.4, 0.5) is 5.69 Å². The van der Waals surface area contributed by atoms with Gasteiger partial charge in [0.05, 0.1) is 10.5 Å². The van der Waals surface area contributed by atoms with Gasteiger partial charge in [0.25, 0.3) is 11.6 Å². The summed E-state index contributed by atoms with van der Waals surface area (Å²) in [4.78, 5) is 36.6. The van der Waals surface area contributed by atoms with Crippen molar-refractivity contribution in [3.63, 3.8) is 0 Å². The second kappa shape index (κ2) is 7.21. The highest BCUT2D eigenvalue weighted by Gasteiger charge is 2.33. The van der Waals surface area contributed by atoms with Crippen molar-refractivity contribution >= 4 is 17.6 Å². The maximum Gasteiger partial charge on any atom is 0.335 e. The molecule has 1 aromatic rings. The number of carboxylic acid groups (broad SMARTS) is 1. The SMILES string of the molecule is O=C(O)c1cc(C(=O)N(CC2CC2)C2CCCCC2)cc([N+](=O)[O-])c1. The maximum atomic E-state index is 13.1. The molecule has 1 N–H and O–H groups in total. The van der Waals surface area contributed by atoms with Gasteiger partial charge in [0, 0.05) is 30.3 Å². The minimum atomic E-state index is -1.27. The molecule has 2 fully saturated rings. The number of non-ortho nitro benzene ring substituents is 1. The quantitative estimate of drug-likeness (QED) is 0.628. The Morgan fingerprint density at radius 3 is 2.28 bits per heavy atom. The average molecular weight is 346 g/mol. The number of nitro benzene ring substituents is 1. The van der Waals surface area contributed by atoms with Gasteiger partial charge in [0.1, 0.15) is 0 Å². The maximum absolute atomic E-state index is 13.1. The van der Waals surface area contributed by atoms with Gasteiger partial charge in [-0.2, -0.15) is 0 Å². The number of carbonyl (C=O) groups excluding carboxylic acids is 1. The Morgan fingerprint density at radius 2 is 1.72 bits per heavy atom. The van der Waals surface area contributed by atoms with Crippen LogP contribution in [-0.2, 0) is 0 Å². The first kappa shape index (κ1) is 17.4. The number of benzene rings is 1. The van der Waals surface area contributed by atoms with E-state index in [9.17, 15) is 24.8 Å². The molecule has 134 valence electrons. The third kappa shape index (κ3) is 4.15. The number of carbonyl (C=O) groups is 2. The summed E-state index contributed by atoms with van der Waals surface area (Å²) in [7, 11) is 0. The second-order valence-electron chi connectivity index (χ2n) is 7.02. The van der Waals surface area contributed by atoms with Gasteiger partial charge in [0.2, 0.25) is 0 Å². The molecular weight excluding hydrogens is 324 g/mol. The van der Waals surface area contributed by atoms with E-state index in [1.807, 2.05) is 4.90 Å². The van der Waals surface area contributed by atoms with Crippen LogP contribution in [-0.4, -0.2) is 39.4 Å². The predicted octanol–water partition coefficient (Wildman–Crippen LogP) is 3.48. The molecule has 0 heterocycles. The van der Waals surface area contributed by atoms with Gasteiger partial charge in [-0.25, -0.2) is 4.79 Å². The molecule has 1 amide bonds. The summed E-state index contributed by atoms with van der Waals surface area (Å²) in [5.41, 5.74) is -0.497. The highest BCUT2D eigenvalue weighted by atomic mass is 16.6. The molecule has 7 nitrogen and oxygen atoms in total. The van der Waals surface area contributed by atoms with Gasteiger partial charge in [0.15, 0.2) is 0 Å². The Hall–Kier alpha value is -2.44. The van der Waals surface area contributed by atoms with Crippen molar-refractivity contribution < 1.29 is 19.6 Å². The molecule has 0 atom stereocenters. The number of carboxylic acids is 1. The summed E-state index contributed by atoms with van der Waals surface area (Å²) >= 11 is 0. The van der Waals surface area contributed by atoms with E-state index in [1.165, 1.54) is 18.6 Å². The van der Waals surface area contributed by atoms with E-state index < -0.39 is 10.9 Å². The van der Waals surface area contributed by atoms with E-state index in [0.29, 0.717) is 12.5 Å². The third-order valence-electron chi connectivity index (χ3n) is 5.05. The van der Waals surface area contributed by atoms with Crippen molar-refractivity contribution in [3.05, 3.63) is 39.4 Å². The largest absolute Gasteiger partial charge is 0.478 e. The monoisotopic (exact) mass is 346 g/mol. The molecule has 0 radical (unpaired) electrons. The van der Waals surface area contributed by atoms with Gasteiger partial charge in [-0.05, 0) is 37.7 Å². The van der Waals surface area contributed by atoms with Crippen LogP contribution >= 0.6 is 0 Å². The first-order chi connectivity index (χ1) is 12.0. The van der Waals surface area contributed by atoms with E-state index in [-0.39, 0.29) is 28.8 Å². The van der Waals surface area contributed by atoms with Crippen LogP contribution in [0, 0.1) is 16.0 Å². The first-order valence-electron chi connectivity index (χ1n) is 8.79. The smallest absolute Gasteiger partial charge is 0.335 e. The van der Waals surface area contributed by atoms with E-state index in [1.54, 1.807) is 0 Å². The van der Waals surface area contributed by atoms with Crippen molar-refractivity contribution in [2.75, 3.05) is 6.54 Å². The Bertz CT molecular complexity index is 660. The zero-order valence-electron chi connectivity index (χ0n) is 14.0. The Kier molecular flexibility index (Phi) is 5.01. The number of rotatable bonds is 6. The van der Waals surface area contributed by atoms with Crippen LogP contribution in [0.15, 0.2) is 18.2 Å². The standard InChI is InChI=1S/C18H22N2O5/c21-17(13-8-14(18(22)23)10-16(9-13)20(24)25)19(11-12-6-7-12)15-4-2-1-3-5-15/h8-10,12,15H,1-7,11H2,(H,22,23). The molecule has 25 heavy (non-hydrogen) atoms. The lowest BCUT2D eigenvalue weighted by molar-refractivity contribution is -0.384. The summed E-state index contributed by atoms with van der Waals surface area (Å²) < 4.78 is 0. The lowest BCUT2D eigenvalue weighted by Crippen LogP contribution is -2.42. The summed E-state index contributed by atoms with van der Waals surface area (Å²) in [6, 6.07) is 3.58. The Morgan fingerprint density at radius 1 is 1.08 bits per heavy atom. The summed E-state index contributed by atoms with van der Waals surface area (Å²) in [5, 5.41) is 20.3. The molecule has 0 aliphatic heterocycles. The molecule has 1 aromatic carbocycles. The fourth-order valence-corrected chi connectivity index (χ4v) is 3.50. The van der Waals surface area contributed by atoms with Gasteiger partial charge in [-0.15, -0.1) is 0 Å². The topological polar surface area (TPSA) is 101 Å². The van der Waals surface area contributed by atoms with Crippen LogP contribution in [0.5, 0.6) is 0 Å². The number of amides is 1.